The van der Waals surface area contributed by atoms with E-state index in [1.54, 1.807) is 22.9 Å². The van der Waals surface area contributed by atoms with Crippen LogP contribution in [0.5, 0.6) is 5.75 Å². The van der Waals surface area contributed by atoms with E-state index in [4.69, 9.17) is 16.3 Å². The zero-order valence-electron chi connectivity index (χ0n) is 18.4. The van der Waals surface area contributed by atoms with Crippen LogP contribution in [0.15, 0.2) is 73.4 Å². The normalized spacial score (nSPS) is 10.9. The molecule has 3 heterocycles. The van der Waals surface area contributed by atoms with Crippen molar-refractivity contribution >= 4 is 34.1 Å². The van der Waals surface area contributed by atoms with Gasteiger partial charge in [0.15, 0.2) is 0 Å². The largest absolute Gasteiger partial charge is 0.494 e. The van der Waals surface area contributed by atoms with E-state index >= 15 is 0 Å². The lowest BCUT2D eigenvalue weighted by Gasteiger charge is -2.13. The summed E-state index contributed by atoms with van der Waals surface area (Å²) in [7, 11) is 3.40. The Morgan fingerprint density at radius 1 is 1.09 bits per heavy atom. The maximum absolute atomic E-state index is 12.9. The van der Waals surface area contributed by atoms with E-state index in [0.29, 0.717) is 28.2 Å². The summed E-state index contributed by atoms with van der Waals surface area (Å²) in [5.74, 6) is 0.0833. The number of hydrogen-bond acceptors (Lipinski definition) is 6. The van der Waals surface area contributed by atoms with Crippen molar-refractivity contribution in [3.63, 3.8) is 0 Å². The summed E-state index contributed by atoms with van der Waals surface area (Å²) in [6.07, 6.45) is 6.36. The van der Waals surface area contributed by atoms with Crippen molar-refractivity contribution in [2.75, 3.05) is 12.4 Å². The zero-order valence-corrected chi connectivity index (χ0v) is 19.1. The molecule has 2 aromatic carbocycles. The fourth-order valence-corrected chi connectivity index (χ4v) is 3.99. The van der Waals surface area contributed by atoms with Gasteiger partial charge in [0.25, 0.3) is 5.91 Å². The van der Waals surface area contributed by atoms with Crippen LogP contribution in [0.2, 0.25) is 5.02 Å². The van der Waals surface area contributed by atoms with E-state index in [1.807, 2.05) is 43.6 Å². The van der Waals surface area contributed by atoms with Crippen LogP contribution < -0.4 is 10.1 Å². The van der Waals surface area contributed by atoms with Gasteiger partial charge in [-0.05, 0) is 12.1 Å². The van der Waals surface area contributed by atoms with Gasteiger partial charge in [-0.15, -0.1) is 0 Å². The smallest absolute Gasteiger partial charge is 0.257 e. The molecule has 0 bridgehead atoms. The summed E-state index contributed by atoms with van der Waals surface area (Å²) in [5, 5.41) is 8.54. The second-order valence-electron chi connectivity index (χ2n) is 7.53. The van der Waals surface area contributed by atoms with Crippen LogP contribution in [-0.4, -0.2) is 37.7 Å². The van der Waals surface area contributed by atoms with Crippen molar-refractivity contribution < 1.29 is 9.53 Å². The number of pyridine rings is 1. The third-order valence-corrected chi connectivity index (χ3v) is 5.65. The van der Waals surface area contributed by atoms with E-state index in [9.17, 15) is 4.79 Å². The van der Waals surface area contributed by atoms with Gasteiger partial charge in [0.05, 0.1) is 34.6 Å². The molecule has 34 heavy (non-hydrogen) atoms. The van der Waals surface area contributed by atoms with Gasteiger partial charge in [-0.25, -0.2) is 9.97 Å². The SMILES string of the molecule is COc1cc2ncnc(-c3cn(C)nc3-c3ccccc3)c2cc1NC(=O)c1ccncc1Cl. The molecule has 0 aliphatic carbocycles. The molecule has 9 heteroatoms. The molecule has 0 saturated heterocycles. The quantitative estimate of drug-likeness (QED) is 0.388. The Morgan fingerprint density at radius 2 is 1.91 bits per heavy atom. The van der Waals surface area contributed by atoms with E-state index in [2.05, 4.69) is 25.4 Å². The number of aryl methyl sites for hydroxylation is 1. The lowest BCUT2D eigenvalue weighted by atomic mass is 10.0. The standard InChI is InChI=1S/C25H19ClN6O2/c1-32-13-18(23(31-32)15-6-4-3-5-7-15)24-17-10-21(22(34-2)11-20(17)28-14-29-24)30-25(33)16-8-9-27-12-19(16)26/h3-14H,1-2H3,(H,30,33). The Hall–Kier alpha value is -4.30. The van der Waals surface area contributed by atoms with Gasteiger partial charge in [0.2, 0.25) is 0 Å². The van der Waals surface area contributed by atoms with Crippen molar-refractivity contribution in [2.45, 2.75) is 0 Å². The number of anilines is 1. The first-order valence-electron chi connectivity index (χ1n) is 10.4. The molecule has 0 spiro atoms. The average molecular weight is 471 g/mol. The first kappa shape index (κ1) is 21.5. The van der Waals surface area contributed by atoms with Gasteiger partial charge < -0.3 is 10.1 Å². The number of rotatable bonds is 5. The predicted molar refractivity (Wildman–Crippen MR) is 131 cm³/mol. The third kappa shape index (κ3) is 3.95. The zero-order chi connectivity index (χ0) is 23.7. The Morgan fingerprint density at radius 3 is 2.68 bits per heavy atom. The number of halogens is 1. The first-order valence-corrected chi connectivity index (χ1v) is 10.8. The summed E-state index contributed by atoms with van der Waals surface area (Å²) in [4.78, 5) is 25.8. The molecule has 3 aromatic heterocycles. The van der Waals surface area contributed by atoms with Gasteiger partial charge >= 0.3 is 0 Å². The fourth-order valence-electron chi connectivity index (χ4n) is 3.79. The minimum atomic E-state index is -0.380. The van der Waals surface area contributed by atoms with Gasteiger partial charge in [-0.3, -0.25) is 14.5 Å². The molecule has 0 fully saturated rings. The highest BCUT2D eigenvalue weighted by molar-refractivity contribution is 6.34. The Kier molecular flexibility index (Phi) is 5.65. The highest BCUT2D eigenvalue weighted by Gasteiger charge is 2.19. The van der Waals surface area contributed by atoms with Gasteiger partial charge in [0, 0.05) is 48.2 Å². The Labute approximate surface area is 200 Å². The molecule has 1 amide bonds. The Balaban J connectivity index is 1.65. The van der Waals surface area contributed by atoms with Crippen molar-refractivity contribution in [1.29, 1.82) is 0 Å². The monoisotopic (exact) mass is 470 g/mol. The van der Waals surface area contributed by atoms with Crippen molar-refractivity contribution in [2.24, 2.45) is 7.05 Å². The molecule has 5 rings (SSSR count). The molecule has 0 unspecified atom stereocenters. The summed E-state index contributed by atoms with van der Waals surface area (Å²) in [6.45, 7) is 0. The molecule has 0 radical (unpaired) electrons. The van der Waals surface area contributed by atoms with Crippen LogP contribution in [-0.2, 0) is 7.05 Å². The minimum Gasteiger partial charge on any atom is -0.494 e. The van der Waals surface area contributed by atoms with E-state index in [1.165, 1.54) is 25.8 Å². The number of methoxy groups -OCH3 is 1. The van der Waals surface area contributed by atoms with Crippen LogP contribution in [0.4, 0.5) is 5.69 Å². The highest BCUT2D eigenvalue weighted by atomic mass is 35.5. The number of amides is 1. The summed E-state index contributed by atoms with van der Waals surface area (Å²) in [6, 6.07) is 15.0. The highest BCUT2D eigenvalue weighted by Crippen LogP contribution is 2.37. The summed E-state index contributed by atoms with van der Waals surface area (Å²) < 4.78 is 7.28. The number of carbonyl (C=O) groups excluding carboxylic acids is 1. The number of carbonyl (C=O) groups is 1. The van der Waals surface area contributed by atoms with Crippen LogP contribution in [0, 0.1) is 0 Å². The molecular weight excluding hydrogens is 452 g/mol. The second-order valence-corrected chi connectivity index (χ2v) is 7.94. The molecule has 8 nitrogen and oxygen atoms in total. The van der Waals surface area contributed by atoms with Gasteiger partial charge in [-0.2, -0.15) is 5.10 Å². The number of ether oxygens (including phenoxy) is 1. The second kappa shape index (κ2) is 8.92. The number of fused-ring (bicyclic) bond motifs is 1. The van der Waals surface area contributed by atoms with Gasteiger partial charge in [0.1, 0.15) is 17.8 Å². The van der Waals surface area contributed by atoms with Crippen molar-refractivity contribution in [1.82, 2.24) is 24.7 Å². The maximum Gasteiger partial charge on any atom is 0.257 e. The molecule has 5 aromatic rings. The van der Waals surface area contributed by atoms with E-state index < -0.39 is 0 Å². The molecule has 0 atom stereocenters. The van der Waals surface area contributed by atoms with Crippen molar-refractivity contribution in [3.05, 3.63) is 84.0 Å². The molecule has 1 N–H and O–H groups in total. The molecule has 0 saturated carbocycles. The van der Waals surface area contributed by atoms with E-state index in [-0.39, 0.29) is 10.9 Å². The van der Waals surface area contributed by atoms with E-state index in [0.717, 1.165) is 22.2 Å². The summed E-state index contributed by atoms with van der Waals surface area (Å²) >= 11 is 6.15. The Bertz CT molecular complexity index is 1520. The topological polar surface area (TPSA) is 94.8 Å². The summed E-state index contributed by atoms with van der Waals surface area (Å²) in [5.41, 5.74) is 4.76. The predicted octanol–water partition coefficient (Wildman–Crippen LogP) is 5.01. The van der Waals surface area contributed by atoms with Gasteiger partial charge in [-0.1, -0.05) is 41.9 Å². The molecule has 0 aliphatic rings. The molecule has 168 valence electrons. The number of nitrogens with zero attached hydrogens (tertiary/aromatic N) is 5. The fraction of sp³-hybridized carbons (Fsp3) is 0.0800. The van der Waals surface area contributed by atoms with Crippen LogP contribution in [0.3, 0.4) is 0 Å². The van der Waals surface area contributed by atoms with Crippen LogP contribution in [0.1, 0.15) is 10.4 Å². The lowest BCUT2D eigenvalue weighted by Crippen LogP contribution is -2.13. The average Bonchev–Trinajstić information content (AvgIpc) is 3.25. The lowest BCUT2D eigenvalue weighted by molar-refractivity contribution is 0.102. The minimum absolute atomic E-state index is 0.256. The number of nitrogens with one attached hydrogen (secondary N) is 1. The maximum atomic E-state index is 12.9. The van der Waals surface area contributed by atoms with Crippen LogP contribution in [0.25, 0.3) is 33.4 Å². The molecular formula is C25H19ClN6O2. The van der Waals surface area contributed by atoms with Crippen LogP contribution >= 0.6 is 11.6 Å². The molecule has 0 aliphatic heterocycles. The third-order valence-electron chi connectivity index (χ3n) is 5.35. The number of benzene rings is 2. The number of aromatic nitrogens is 5. The number of hydrogen-bond donors (Lipinski definition) is 1. The first-order chi connectivity index (χ1) is 16.5. The van der Waals surface area contributed by atoms with Crippen molar-refractivity contribution in [3.8, 4) is 28.3 Å².